The molecule has 2 heterocycles. The van der Waals surface area contributed by atoms with Crippen LogP contribution < -0.4 is 81.9 Å². The predicted molar refractivity (Wildman–Crippen MR) is 191 cm³/mol. The Labute approximate surface area is 257 Å². The Bertz CT molecular complexity index is 2180. The van der Waals surface area contributed by atoms with Crippen molar-refractivity contribution in [3.8, 4) is 5.69 Å². The molecule has 6 rings (SSSR count). The standard InChI is InChI=1S/C24HB15N2/c25-5-1-2-6(26)8(28)11(31)15(35)20(2)40-21(1)19(39)23-3(5)4-7(27)9(29)12(32)16(36)22(4)41(23)24-17(37)13(33)10(30)14(34)18(24)38/h40H. The summed E-state index contributed by atoms with van der Waals surface area (Å²) in [5, 5.41) is 1.46. The van der Waals surface area contributed by atoms with Crippen LogP contribution >= 0.6 is 0 Å². The fraction of sp³-hybridized carbons (Fsp3) is 0. The second kappa shape index (κ2) is 9.22. The molecule has 0 spiro atoms. The van der Waals surface area contributed by atoms with E-state index in [9.17, 15) is 0 Å². The first-order chi connectivity index (χ1) is 19.1. The minimum Gasteiger partial charge on any atom is -0.355 e. The number of nitrogens with one attached hydrogen (secondary N) is 1. The summed E-state index contributed by atoms with van der Waals surface area (Å²) in [5.41, 5.74) is 2.34. The van der Waals surface area contributed by atoms with Gasteiger partial charge in [0.15, 0.2) is 0 Å². The summed E-state index contributed by atoms with van der Waals surface area (Å²) in [4.78, 5) is 3.19. The van der Waals surface area contributed by atoms with Gasteiger partial charge in [-0.3, -0.25) is 0 Å². The molecule has 152 valence electrons. The van der Waals surface area contributed by atoms with Gasteiger partial charge in [0.05, 0.1) is 0 Å². The van der Waals surface area contributed by atoms with E-state index >= 15 is 0 Å². The molecular formula is C24HB15N2. The van der Waals surface area contributed by atoms with E-state index in [1.807, 2.05) is 0 Å². The van der Waals surface area contributed by atoms with Crippen molar-refractivity contribution >= 4 is 243 Å². The van der Waals surface area contributed by atoms with Gasteiger partial charge in [-0.05, 0) is 21.6 Å². The largest absolute Gasteiger partial charge is 0.355 e. The van der Waals surface area contributed by atoms with Gasteiger partial charge >= 0.3 is 0 Å². The maximum Gasteiger partial charge on any atom is 0.119 e. The molecule has 17 heteroatoms. The average molecular weight is 479 g/mol. The fourth-order valence-corrected chi connectivity index (χ4v) is 5.70. The lowest BCUT2D eigenvalue weighted by molar-refractivity contribution is 1.22. The minimum atomic E-state index is -0.0126. The van der Waals surface area contributed by atoms with Crippen LogP contribution in [0.15, 0.2) is 0 Å². The summed E-state index contributed by atoms with van der Waals surface area (Å²) in [6.45, 7) is 0. The van der Waals surface area contributed by atoms with Gasteiger partial charge < -0.3 is 9.55 Å². The van der Waals surface area contributed by atoms with Gasteiger partial charge in [0.1, 0.15) is 118 Å². The molecule has 0 unspecified atom stereocenters. The second-order valence-corrected chi connectivity index (χ2v) is 9.96. The third-order valence-electron chi connectivity index (χ3n) is 7.93. The van der Waals surface area contributed by atoms with Gasteiger partial charge in [0.2, 0.25) is 0 Å². The minimum absolute atomic E-state index is 0.00684. The highest BCUT2D eigenvalue weighted by atomic mass is 15.0. The van der Waals surface area contributed by atoms with Crippen LogP contribution in [0.4, 0.5) is 0 Å². The number of nitrogens with zero attached hydrogens (tertiary/aromatic N) is 1. The molecule has 0 bridgehead atoms. The second-order valence-electron chi connectivity index (χ2n) is 9.96. The van der Waals surface area contributed by atoms with Crippen LogP contribution in [0.5, 0.6) is 0 Å². The van der Waals surface area contributed by atoms with Crippen molar-refractivity contribution in [2.45, 2.75) is 0 Å². The molecule has 2 nitrogen and oxygen atoms in total. The lowest BCUT2D eigenvalue weighted by Gasteiger charge is -2.25. The van der Waals surface area contributed by atoms with Crippen LogP contribution in [0.25, 0.3) is 49.3 Å². The van der Waals surface area contributed by atoms with Crippen LogP contribution in [0.3, 0.4) is 0 Å². The number of hydrogen-bond donors (Lipinski definition) is 1. The molecule has 41 heavy (non-hydrogen) atoms. The van der Waals surface area contributed by atoms with Crippen molar-refractivity contribution in [3.05, 3.63) is 0 Å². The molecule has 4 aromatic carbocycles. The van der Waals surface area contributed by atoms with E-state index in [2.05, 4.69) is 4.98 Å². The van der Waals surface area contributed by atoms with Crippen LogP contribution in [-0.4, -0.2) is 127 Å². The molecule has 0 aliphatic rings. The van der Waals surface area contributed by atoms with Crippen LogP contribution in [-0.2, 0) is 0 Å². The van der Waals surface area contributed by atoms with E-state index in [1.54, 1.807) is 0 Å². The van der Waals surface area contributed by atoms with Crippen molar-refractivity contribution < 1.29 is 0 Å². The van der Waals surface area contributed by atoms with Crippen LogP contribution in [0.2, 0.25) is 0 Å². The molecule has 0 atom stereocenters. The van der Waals surface area contributed by atoms with Crippen molar-refractivity contribution in [1.82, 2.24) is 9.55 Å². The fourth-order valence-electron chi connectivity index (χ4n) is 5.70. The maximum absolute atomic E-state index is 6.91. The summed E-state index contributed by atoms with van der Waals surface area (Å²) in [7, 11) is 96.0. The summed E-state index contributed by atoms with van der Waals surface area (Å²) in [5.74, 6) is 0. The molecule has 0 amide bonds. The number of H-pyrrole nitrogens is 1. The Morgan fingerprint density at radius 1 is 0.293 bits per heavy atom. The highest BCUT2D eigenvalue weighted by Gasteiger charge is 2.26. The van der Waals surface area contributed by atoms with Gasteiger partial charge in [-0.25, -0.2) is 0 Å². The Kier molecular flexibility index (Phi) is 6.43. The van der Waals surface area contributed by atoms with E-state index in [4.69, 9.17) is 118 Å². The maximum atomic E-state index is 6.91. The lowest BCUT2D eigenvalue weighted by atomic mass is 9.61. The Morgan fingerprint density at radius 2 is 0.634 bits per heavy atom. The molecule has 6 aromatic rings. The predicted octanol–water partition coefficient (Wildman–Crippen LogP) is -11.7. The highest BCUT2D eigenvalue weighted by Crippen LogP contribution is 2.30. The first kappa shape index (κ1) is 28.6. The molecule has 1 N–H and O–H groups in total. The first-order valence-electron chi connectivity index (χ1n) is 12.0. The number of aromatic amines is 1. The molecule has 30 radical (unpaired) electrons. The van der Waals surface area contributed by atoms with Crippen LogP contribution in [0, 0.1) is 0 Å². The number of hydrogen-bond acceptors (Lipinski definition) is 0. The molecular weight excluding hydrogens is 478 g/mol. The molecule has 0 aliphatic carbocycles. The Balaban J connectivity index is 2.03. The van der Waals surface area contributed by atoms with E-state index in [1.165, 1.54) is 4.57 Å². The van der Waals surface area contributed by atoms with Crippen molar-refractivity contribution in [3.63, 3.8) is 0 Å². The zero-order chi connectivity index (χ0) is 30.1. The van der Waals surface area contributed by atoms with Gasteiger partial charge in [-0.1, -0.05) is 38.2 Å². The van der Waals surface area contributed by atoms with Crippen molar-refractivity contribution in [2.24, 2.45) is 0 Å². The highest BCUT2D eigenvalue weighted by molar-refractivity contribution is 6.72. The molecule has 0 saturated heterocycles. The number of fused-ring (bicyclic) bond motifs is 6. The summed E-state index contributed by atoms with van der Waals surface area (Å²) < 4.78 is 1.54. The van der Waals surface area contributed by atoms with Crippen LogP contribution in [0.1, 0.15) is 0 Å². The van der Waals surface area contributed by atoms with Gasteiger partial charge in [0, 0.05) is 33.1 Å². The smallest absolute Gasteiger partial charge is 0.119 e. The molecule has 0 aliphatic heterocycles. The SMILES string of the molecule is [B]c1c([B])c([B])c(-n2c3c([B])c([B])c([B])c([B])c3c3c([B])c4c([nH]c5c([B])c([B])c([B])c([B])c54)c([B])c32)c([B])c1[B]. The first-order valence-corrected chi connectivity index (χ1v) is 12.0. The third-order valence-corrected chi connectivity index (χ3v) is 7.93. The average Bonchev–Trinajstić information content (AvgIpc) is 3.52. The lowest BCUT2D eigenvalue weighted by Crippen LogP contribution is -2.56. The van der Waals surface area contributed by atoms with E-state index in [0.717, 1.165) is 0 Å². The quantitative estimate of drug-likeness (QED) is 0.226. The van der Waals surface area contributed by atoms with Crippen molar-refractivity contribution in [1.29, 1.82) is 0 Å². The van der Waals surface area contributed by atoms with Gasteiger partial charge in [-0.15, -0.1) is 38.2 Å². The summed E-state index contributed by atoms with van der Waals surface area (Å²) in [6.07, 6.45) is 0. The molecule has 2 aromatic heterocycles. The van der Waals surface area contributed by atoms with E-state index in [-0.39, 0.29) is 98.7 Å². The third kappa shape index (κ3) is 3.41. The van der Waals surface area contributed by atoms with E-state index in [0.29, 0.717) is 32.6 Å². The zero-order valence-electron chi connectivity index (χ0n) is 21.6. The molecule has 0 fully saturated rings. The molecule has 0 saturated carbocycles. The van der Waals surface area contributed by atoms with Crippen molar-refractivity contribution in [2.75, 3.05) is 0 Å². The number of rotatable bonds is 1. The monoisotopic (exact) mass is 482 g/mol. The topological polar surface area (TPSA) is 20.7 Å². The normalized spacial score (nSPS) is 11.9. The number of benzene rings is 4. The van der Waals surface area contributed by atoms with Gasteiger partial charge in [0.25, 0.3) is 0 Å². The van der Waals surface area contributed by atoms with Gasteiger partial charge in [-0.2, -0.15) is 0 Å². The number of aromatic nitrogens is 2. The Morgan fingerprint density at radius 3 is 1.20 bits per heavy atom. The Hall–Kier alpha value is -2.55. The van der Waals surface area contributed by atoms with E-state index < -0.39 is 0 Å². The zero-order valence-corrected chi connectivity index (χ0v) is 21.6. The summed E-state index contributed by atoms with van der Waals surface area (Å²) >= 11 is 0. The summed E-state index contributed by atoms with van der Waals surface area (Å²) in [6, 6.07) is 0.